The second-order valence-electron chi connectivity index (χ2n) is 9.52. The summed E-state index contributed by atoms with van der Waals surface area (Å²) < 4.78 is 13.9. The Balaban J connectivity index is 1.57. The summed E-state index contributed by atoms with van der Waals surface area (Å²) in [5.41, 5.74) is 5.77. The van der Waals surface area contributed by atoms with Crippen LogP contribution in [0.3, 0.4) is 0 Å². The maximum absolute atomic E-state index is 6.60. The Kier molecular flexibility index (Phi) is 5.78. The van der Waals surface area contributed by atoms with Crippen molar-refractivity contribution in [3.05, 3.63) is 91.9 Å². The lowest BCUT2D eigenvalue weighted by Gasteiger charge is -2.39. The van der Waals surface area contributed by atoms with Crippen LogP contribution in [0.1, 0.15) is 61.7 Å². The zero-order valence-corrected chi connectivity index (χ0v) is 22.3. The number of hydrogen-bond donors (Lipinski definition) is 0. The normalized spacial score (nSPS) is 19.5. The Bertz CT molecular complexity index is 1210. The molecule has 3 aromatic carbocycles. The molecule has 3 aromatic rings. The Morgan fingerprint density at radius 3 is 2.33 bits per heavy atom. The van der Waals surface area contributed by atoms with Crippen LogP contribution in [0.15, 0.2) is 74.7 Å². The van der Waals surface area contributed by atoms with Gasteiger partial charge in [-0.3, -0.25) is 0 Å². The molecule has 2 atom stereocenters. The minimum Gasteiger partial charge on any atom is -0.497 e. The van der Waals surface area contributed by atoms with Gasteiger partial charge in [0.15, 0.2) is 0 Å². The number of fused-ring (bicyclic) bond motifs is 3. The topological polar surface area (TPSA) is 34.1 Å². The molecule has 2 aliphatic rings. The van der Waals surface area contributed by atoms with Crippen molar-refractivity contribution in [3.8, 4) is 11.5 Å². The number of benzene rings is 3. The van der Waals surface area contributed by atoms with Gasteiger partial charge in [-0.05, 0) is 68.9 Å². The molecule has 0 radical (unpaired) electrons. The molecule has 0 saturated carbocycles. The third-order valence-electron chi connectivity index (χ3n) is 6.29. The predicted molar refractivity (Wildman–Crippen MR) is 139 cm³/mol. The molecule has 5 rings (SSSR count). The minimum atomic E-state index is -0.301. The van der Waals surface area contributed by atoms with Crippen molar-refractivity contribution in [3.63, 3.8) is 0 Å². The highest BCUT2D eigenvalue weighted by Gasteiger charge is 2.42. The molecule has 170 valence electrons. The van der Waals surface area contributed by atoms with E-state index in [4.69, 9.17) is 14.6 Å². The van der Waals surface area contributed by atoms with Crippen LogP contribution in [-0.4, -0.2) is 17.8 Å². The van der Waals surface area contributed by atoms with Gasteiger partial charge in [-0.2, -0.15) is 5.10 Å². The van der Waals surface area contributed by atoms with Crippen molar-refractivity contribution in [1.82, 2.24) is 5.01 Å². The van der Waals surface area contributed by atoms with Gasteiger partial charge in [0, 0.05) is 22.0 Å². The first kappa shape index (κ1) is 22.5. The smallest absolute Gasteiger partial charge is 0.213 e. The van der Waals surface area contributed by atoms with Gasteiger partial charge in [-0.1, -0.05) is 61.0 Å². The van der Waals surface area contributed by atoms with E-state index in [-0.39, 0.29) is 17.7 Å². The number of hydrogen-bond acceptors (Lipinski definition) is 4. The number of methoxy groups -OCH3 is 1. The van der Waals surface area contributed by atoms with Gasteiger partial charge >= 0.3 is 0 Å². The standard InChI is InChI=1S/C27H26Br2N2O2/c1-27(2,3)18-9-5-17(6-10-18)26-31-24(21-13-19(28)14-22(29)25(21)33-26)15-23(30-31)16-7-11-20(32-4)12-8-16/h5-14,24,26H,15H2,1-4H3/t24-,26-/m0/s1. The fraction of sp³-hybridized carbons (Fsp3) is 0.296. The predicted octanol–water partition coefficient (Wildman–Crippen LogP) is 7.76. The molecule has 0 bridgehead atoms. The van der Waals surface area contributed by atoms with Crippen LogP contribution in [0.5, 0.6) is 11.5 Å². The van der Waals surface area contributed by atoms with Gasteiger partial charge in [-0.25, -0.2) is 5.01 Å². The fourth-order valence-electron chi connectivity index (χ4n) is 4.44. The van der Waals surface area contributed by atoms with Crippen LogP contribution in [0.25, 0.3) is 0 Å². The summed E-state index contributed by atoms with van der Waals surface area (Å²) in [6.45, 7) is 6.69. The molecule has 2 heterocycles. The summed E-state index contributed by atoms with van der Waals surface area (Å²) in [4.78, 5) is 0. The Hall–Kier alpha value is -2.31. The maximum Gasteiger partial charge on any atom is 0.213 e. The lowest BCUT2D eigenvalue weighted by Crippen LogP contribution is -2.34. The average Bonchev–Trinajstić information content (AvgIpc) is 3.24. The van der Waals surface area contributed by atoms with Crippen molar-refractivity contribution in [2.24, 2.45) is 5.10 Å². The molecule has 0 spiro atoms. The molecule has 0 aromatic heterocycles. The van der Waals surface area contributed by atoms with Crippen LogP contribution in [0.4, 0.5) is 0 Å². The molecule has 0 aliphatic carbocycles. The van der Waals surface area contributed by atoms with E-state index in [0.29, 0.717) is 0 Å². The summed E-state index contributed by atoms with van der Waals surface area (Å²) in [5.74, 6) is 1.73. The highest BCUT2D eigenvalue weighted by Crippen LogP contribution is 2.51. The summed E-state index contributed by atoms with van der Waals surface area (Å²) in [6.07, 6.45) is 0.507. The molecule has 0 amide bonds. The van der Waals surface area contributed by atoms with Gasteiger partial charge in [-0.15, -0.1) is 0 Å². The zero-order valence-electron chi connectivity index (χ0n) is 19.1. The molecule has 0 unspecified atom stereocenters. The maximum atomic E-state index is 6.60. The molecule has 0 fully saturated rings. The fourth-order valence-corrected chi connectivity index (χ4v) is 5.79. The summed E-state index contributed by atoms with van der Waals surface area (Å²) in [6, 6.07) is 21.1. The lowest BCUT2D eigenvalue weighted by atomic mass is 9.86. The van der Waals surface area contributed by atoms with Crippen LogP contribution in [-0.2, 0) is 5.41 Å². The van der Waals surface area contributed by atoms with Crippen LogP contribution < -0.4 is 9.47 Å². The molecule has 0 saturated heterocycles. The average molecular weight is 570 g/mol. The van der Waals surface area contributed by atoms with Gasteiger partial charge in [0.25, 0.3) is 0 Å². The number of ether oxygens (including phenoxy) is 2. The largest absolute Gasteiger partial charge is 0.497 e. The third-order valence-corrected chi connectivity index (χ3v) is 7.34. The van der Waals surface area contributed by atoms with Crippen molar-refractivity contribution >= 4 is 37.6 Å². The van der Waals surface area contributed by atoms with Gasteiger partial charge in [0.05, 0.1) is 23.3 Å². The first-order valence-electron chi connectivity index (χ1n) is 11.0. The molecule has 2 aliphatic heterocycles. The van der Waals surface area contributed by atoms with Crippen LogP contribution >= 0.6 is 31.9 Å². The lowest BCUT2D eigenvalue weighted by molar-refractivity contribution is -0.0197. The minimum absolute atomic E-state index is 0.0898. The van der Waals surface area contributed by atoms with E-state index >= 15 is 0 Å². The summed E-state index contributed by atoms with van der Waals surface area (Å²) >= 11 is 7.36. The van der Waals surface area contributed by atoms with E-state index in [1.165, 1.54) is 5.56 Å². The highest BCUT2D eigenvalue weighted by molar-refractivity contribution is 9.11. The van der Waals surface area contributed by atoms with E-state index < -0.39 is 0 Å². The number of halogens is 2. The van der Waals surface area contributed by atoms with Gasteiger partial charge < -0.3 is 9.47 Å². The van der Waals surface area contributed by atoms with Crippen molar-refractivity contribution < 1.29 is 9.47 Å². The van der Waals surface area contributed by atoms with Gasteiger partial charge in [0.1, 0.15) is 11.5 Å². The second-order valence-corrected chi connectivity index (χ2v) is 11.3. The summed E-state index contributed by atoms with van der Waals surface area (Å²) in [7, 11) is 1.68. The molecule has 4 nitrogen and oxygen atoms in total. The van der Waals surface area contributed by atoms with Crippen molar-refractivity contribution in [2.75, 3.05) is 7.11 Å². The molecule has 33 heavy (non-hydrogen) atoms. The monoisotopic (exact) mass is 568 g/mol. The van der Waals surface area contributed by atoms with Crippen molar-refractivity contribution in [2.45, 2.75) is 44.9 Å². The zero-order chi connectivity index (χ0) is 23.3. The van der Waals surface area contributed by atoms with E-state index in [1.54, 1.807) is 7.11 Å². The quantitative estimate of drug-likeness (QED) is 0.323. The third kappa shape index (κ3) is 4.19. The molecule has 0 N–H and O–H groups in total. The van der Waals surface area contributed by atoms with E-state index in [9.17, 15) is 0 Å². The molecular formula is C27H26Br2N2O2. The Labute approximate surface area is 211 Å². The molecule has 6 heteroatoms. The number of nitrogens with zero attached hydrogens (tertiary/aromatic N) is 2. The Morgan fingerprint density at radius 1 is 1.00 bits per heavy atom. The number of rotatable bonds is 3. The summed E-state index contributed by atoms with van der Waals surface area (Å²) in [5, 5.41) is 7.19. The van der Waals surface area contributed by atoms with E-state index in [1.807, 2.05) is 18.2 Å². The second kappa shape index (κ2) is 8.48. The van der Waals surface area contributed by atoms with Gasteiger partial charge in [0.2, 0.25) is 6.23 Å². The first-order chi connectivity index (χ1) is 15.7. The SMILES string of the molecule is COc1ccc(C2=NN3[C@@H](C2)c2cc(Br)cc(Br)c2O[C@H]3c2ccc(C(C)(C)C)cc2)cc1. The van der Waals surface area contributed by atoms with E-state index in [0.717, 1.165) is 49.3 Å². The first-order valence-corrected chi connectivity index (χ1v) is 12.6. The van der Waals surface area contributed by atoms with Crippen LogP contribution in [0.2, 0.25) is 0 Å². The van der Waals surface area contributed by atoms with Crippen molar-refractivity contribution in [1.29, 1.82) is 0 Å². The highest BCUT2D eigenvalue weighted by atomic mass is 79.9. The number of hydrazone groups is 1. The molecular weight excluding hydrogens is 544 g/mol. The van der Waals surface area contributed by atoms with Crippen LogP contribution in [0, 0.1) is 0 Å². The Morgan fingerprint density at radius 2 is 1.70 bits per heavy atom. The van der Waals surface area contributed by atoms with E-state index in [2.05, 4.69) is 100 Å².